The fraction of sp³-hybridized carbons (Fsp3) is 0. The first-order chi connectivity index (χ1) is 28.8. The van der Waals surface area contributed by atoms with E-state index in [1.807, 2.05) is 12.1 Å². The molecule has 0 aliphatic rings. The van der Waals surface area contributed by atoms with E-state index in [4.69, 9.17) is 15.0 Å². The predicted octanol–water partition coefficient (Wildman–Crippen LogP) is 13.3. The SMILES string of the molecule is c1ccc(-c2ccc(-c3nc(-c4ccc(-c5ccccc5)cc4)nc(-n4c5ccccc5c5c4ccc4cc6c7ccccc7c7ccccc7n6c45)n3)cc2)cc1. The molecule has 0 fully saturated rings. The Morgan fingerprint density at radius 1 is 0.310 bits per heavy atom. The maximum Gasteiger partial charge on any atom is 0.238 e. The molecule has 12 rings (SSSR count). The van der Waals surface area contributed by atoms with E-state index in [-0.39, 0.29) is 0 Å². The van der Waals surface area contributed by atoms with E-state index in [1.54, 1.807) is 0 Å². The Hall–Kier alpha value is -7.89. The van der Waals surface area contributed by atoms with E-state index in [2.05, 4.69) is 197 Å². The second-order valence-electron chi connectivity index (χ2n) is 14.8. The number of nitrogens with zero attached hydrogens (tertiary/aromatic N) is 5. The highest BCUT2D eigenvalue weighted by molar-refractivity contribution is 6.24. The van der Waals surface area contributed by atoms with E-state index in [0.717, 1.165) is 44.1 Å². The quantitative estimate of drug-likeness (QED) is 0.165. The average molecular weight is 740 g/mol. The molecule has 4 heterocycles. The van der Waals surface area contributed by atoms with Crippen LogP contribution in [0, 0.1) is 0 Å². The van der Waals surface area contributed by atoms with Gasteiger partial charge in [-0.3, -0.25) is 4.57 Å². The molecule has 5 nitrogen and oxygen atoms in total. The third-order valence-electron chi connectivity index (χ3n) is 11.6. The summed E-state index contributed by atoms with van der Waals surface area (Å²) in [5.41, 5.74) is 12.1. The molecule has 5 heteroatoms. The van der Waals surface area contributed by atoms with E-state index < -0.39 is 0 Å². The Morgan fingerprint density at radius 2 is 0.776 bits per heavy atom. The summed E-state index contributed by atoms with van der Waals surface area (Å²) in [5.74, 6) is 1.80. The third-order valence-corrected chi connectivity index (χ3v) is 11.6. The van der Waals surface area contributed by atoms with Crippen LogP contribution in [0.4, 0.5) is 0 Å². The average Bonchev–Trinajstić information content (AvgIpc) is 3.86. The standard InChI is InChI=1S/C53H33N5/c1-3-13-34(14-4-1)36-23-27-38(28-24-36)51-54-52(39-29-25-37(26-30-39)35-15-5-2-6-16-35)56-53(55-51)58-46-22-12-10-20-44(46)49-47(58)32-31-40-33-48-43-19-8-7-17-41(43)42-18-9-11-21-45(42)57(48)50(40)49/h1-33H. The molecule has 0 bridgehead atoms. The van der Waals surface area contributed by atoms with Crippen LogP contribution in [0.3, 0.4) is 0 Å². The first kappa shape index (κ1) is 32.4. The van der Waals surface area contributed by atoms with Crippen molar-refractivity contribution in [3.8, 4) is 51.0 Å². The maximum atomic E-state index is 5.29. The molecule has 0 saturated carbocycles. The summed E-state index contributed by atoms with van der Waals surface area (Å²) in [6, 6.07) is 70.8. The number of benzene rings is 8. The summed E-state index contributed by atoms with van der Waals surface area (Å²) in [6.45, 7) is 0. The minimum Gasteiger partial charge on any atom is -0.308 e. The lowest BCUT2D eigenvalue weighted by Gasteiger charge is -2.12. The zero-order valence-corrected chi connectivity index (χ0v) is 31.3. The van der Waals surface area contributed by atoms with Gasteiger partial charge in [-0.1, -0.05) is 176 Å². The number of fused-ring (bicyclic) bond motifs is 12. The summed E-state index contributed by atoms with van der Waals surface area (Å²) in [6.07, 6.45) is 0. The maximum absolute atomic E-state index is 5.29. The summed E-state index contributed by atoms with van der Waals surface area (Å²) >= 11 is 0. The molecule has 4 aromatic heterocycles. The topological polar surface area (TPSA) is 48.0 Å². The van der Waals surface area contributed by atoms with Crippen LogP contribution in [0.5, 0.6) is 0 Å². The molecule has 58 heavy (non-hydrogen) atoms. The van der Waals surface area contributed by atoms with Gasteiger partial charge in [0.25, 0.3) is 0 Å². The fourth-order valence-electron chi connectivity index (χ4n) is 8.86. The van der Waals surface area contributed by atoms with Crippen LogP contribution in [-0.2, 0) is 0 Å². The molecule has 0 aliphatic heterocycles. The Kier molecular flexibility index (Phi) is 7.16. The van der Waals surface area contributed by atoms with Crippen molar-refractivity contribution in [1.82, 2.24) is 23.9 Å². The minimum atomic E-state index is 0.570. The zero-order valence-electron chi connectivity index (χ0n) is 31.3. The first-order valence-corrected chi connectivity index (χ1v) is 19.6. The largest absolute Gasteiger partial charge is 0.308 e. The van der Waals surface area contributed by atoms with Gasteiger partial charge >= 0.3 is 0 Å². The summed E-state index contributed by atoms with van der Waals surface area (Å²) in [7, 11) is 0. The second kappa shape index (κ2) is 12.8. The molecule has 8 aromatic carbocycles. The number of aromatic nitrogens is 5. The van der Waals surface area contributed by atoms with Crippen LogP contribution >= 0.6 is 0 Å². The highest BCUT2D eigenvalue weighted by atomic mass is 15.2. The van der Waals surface area contributed by atoms with Gasteiger partial charge in [0.15, 0.2) is 11.6 Å². The van der Waals surface area contributed by atoms with Crippen LogP contribution in [0.1, 0.15) is 0 Å². The van der Waals surface area contributed by atoms with Crippen LogP contribution in [0.15, 0.2) is 200 Å². The molecule has 0 atom stereocenters. The van der Waals surface area contributed by atoms with Crippen molar-refractivity contribution in [2.24, 2.45) is 0 Å². The summed E-state index contributed by atoms with van der Waals surface area (Å²) in [5, 5.41) is 7.21. The molecular formula is C53H33N5. The van der Waals surface area contributed by atoms with E-state index >= 15 is 0 Å². The molecule has 0 amide bonds. The van der Waals surface area contributed by atoms with E-state index in [9.17, 15) is 0 Å². The van der Waals surface area contributed by atoms with Crippen molar-refractivity contribution in [3.05, 3.63) is 200 Å². The van der Waals surface area contributed by atoms with Crippen molar-refractivity contribution in [2.45, 2.75) is 0 Å². The van der Waals surface area contributed by atoms with Gasteiger partial charge in [0.05, 0.1) is 27.6 Å². The Balaban J connectivity index is 1.12. The smallest absolute Gasteiger partial charge is 0.238 e. The number of hydrogen-bond donors (Lipinski definition) is 0. The van der Waals surface area contributed by atoms with Crippen molar-refractivity contribution in [2.75, 3.05) is 0 Å². The fourth-order valence-corrected chi connectivity index (χ4v) is 8.86. The first-order valence-electron chi connectivity index (χ1n) is 19.6. The predicted molar refractivity (Wildman–Crippen MR) is 239 cm³/mol. The Morgan fingerprint density at radius 3 is 1.38 bits per heavy atom. The van der Waals surface area contributed by atoms with Gasteiger partial charge in [-0.15, -0.1) is 0 Å². The van der Waals surface area contributed by atoms with Gasteiger partial charge in [-0.05, 0) is 51.9 Å². The van der Waals surface area contributed by atoms with Gasteiger partial charge in [0, 0.05) is 38.1 Å². The number of rotatable bonds is 5. The third kappa shape index (κ3) is 5.00. The highest BCUT2D eigenvalue weighted by Gasteiger charge is 2.22. The van der Waals surface area contributed by atoms with Crippen LogP contribution in [-0.4, -0.2) is 23.9 Å². The molecule has 270 valence electrons. The van der Waals surface area contributed by atoms with Gasteiger partial charge < -0.3 is 4.40 Å². The molecule has 0 saturated heterocycles. The lowest BCUT2D eigenvalue weighted by Crippen LogP contribution is -2.06. The van der Waals surface area contributed by atoms with Gasteiger partial charge in [0.2, 0.25) is 5.95 Å². The van der Waals surface area contributed by atoms with Crippen LogP contribution in [0.2, 0.25) is 0 Å². The Bertz CT molecular complexity index is 3430. The lowest BCUT2D eigenvalue weighted by atomic mass is 10.0. The van der Waals surface area contributed by atoms with Gasteiger partial charge in [-0.25, -0.2) is 4.98 Å². The molecule has 0 radical (unpaired) electrons. The Labute approximate surface area is 333 Å². The van der Waals surface area contributed by atoms with E-state index in [1.165, 1.54) is 49.2 Å². The zero-order chi connectivity index (χ0) is 38.2. The monoisotopic (exact) mass is 739 g/mol. The molecule has 0 aliphatic carbocycles. The summed E-state index contributed by atoms with van der Waals surface area (Å²) in [4.78, 5) is 15.7. The van der Waals surface area contributed by atoms with Crippen molar-refractivity contribution in [1.29, 1.82) is 0 Å². The molecule has 0 unspecified atom stereocenters. The van der Waals surface area contributed by atoms with Crippen molar-refractivity contribution >= 4 is 59.9 Å². The number of hydrogen-bond acceptors (Lipinski definition) is 3. The van der Waals surface area contributed by atoms with E-state index in [0.29, 0.717) is 17.6 Å². The lowest BCUT2D eigenvalue weighted by molar-refractivity contribution is 0.953. The van der Waals surface area contributed by atoms with Gasteiger partial charge in [0.1, 0.15) is 0 Å². The summed E-state index contributed by atoms with van der Waals surface area (Å²) < 4.78 is 4.68. The molecular weight excluding hydrogens is 707 g/mol. The van der Waals surface area contributed by atoms with Crippen molar-refractivity contribution < 1.29 is 0 Å². The minimum absolute atomic E-state index is 0.570. The molecule has 0 N–H and O–H groups in total. The normalized spacial score (nSPS) is 11.8. The molecule has 12 aromatic rings. The van der Waals surface area contributed by atoms with Crippen LogP contribution in [0.25, 0.3) is 111 Å². The number of para-hydroxylation sites is 2. The van der Waals surface area contributed by atoms with Crippen molar-refractivity contribution in [3.63, 3.8) is 0 Å². The molecule has 0 spiro atoms. The number of pyridine rings is 1. The van der Waals surface area contributed by atoms with Crippen LogP contribution < -0.4 is 0 Å². The highest BCUT2D eigenvalue weighted by Crippen LogP contribution is 2.41. The van der Waals surface area contributed by atoms with Gasteiger partial charge in [-0.2, -0.15) is 9.97 Å². The second-order valence-corrected chi connectivity index (χ2v) is 14.8.